The van der Waals surface area contributed by atoms with Gasteiger partial charge in [-0.15, -0.1) is 0 Å². The van der Waals surface area contributed by atoms with Gasteiger partial charge in [-0.2, -0.15) is 23.4 Å². The summed E-state index contributed by atoms with van der Waals surface area (Å²) < 4.78 is 46.9. The van der Waals surface area contributed by atoms with Crippen LogP contribution in [0.2, 0.25) is 0 Å². The van der Waals surface area contributed by atoms with Gasteiger partial charge in [0.1, 0.15) is 17.1 Å². The summed E-state index contributed by atoms with van der Waals surface area (Å²) in [5, 5.41) is 31.7. The molecule has 4 rings (SSSR count). The Labute approximate surface area is 251 Å². The lowest BCUT2D eigenvalue weighted by atomic mass is 10.1. The summed E-state index contributed by atoms with van der Waals surface area (Å²) in [5.74, 6) is -2.67. The number of nitrogens with zero attached hydrogens (tertiary/aromatic N) is 6. The summed E-state index contributed by atoms with van der Waals surface area (Å²) >= 11 is 0. The molecular weight excluding hydrogens is 607 g/mol. The maximum Gasteiger partial charge on any atom is 0.437 e. The standard InChI is InChI=1S/C26H26F3N9O7/c1-13-8-15(39)10-16(23(41)34-36(2)25(43)44-3)20(13)31-24(42)18-9-14(32-38(18)22-19(40)6-5-7-30-22)11-37-12-17(35-45-4)21(33-37)26(27,28)29/h5-10,12,35,39-40H,11H2,1-4H3,(H,31,42)(H,34,41). The SMILES string of the molecule is CONc1cn(Cc2cc(C(=O)Nc3c(C)cc(O)cc3C(=O)NN(C)C(=O)OC)n(-c3ncccc3O)n2)nc1C(F)(F)F. The molecule has 0 unspecified atom stereocenters. The molecule has 0 radical (unpaired) electrons. The Kier molecular flexibility index (Phi) is 9.12. The van der Waals surface area contributed by atoms with Crippen LogP contribution in [-0.4, -0.2) is 78.9 Å². The molecule has 0 saturated heterocycles. The lowest BCUT2D eigenvalue weighted by Crippen LogP contribution is -2.43. The Morgan fingerprint density at radius 3 is 2.47 bits per heavy atom. The molecule has 238 valence electrons. The van der Waals surface area contributed by atoms with E-state index in [2.05, 4.69) is 41.0 Å². The van der Waals surface area contributed by atoms with Crippen LogP contribution in [0.5, 0.6) is 11.5 Å². The van der Waals surface area contributed by atoms with E-state index in [4.69, 9.17) is 0 Å². The molecule has 0 aliphatic carbocycles. The predicted octanol–water partition coefficient (Wildman–Crippen LogP) is 2.82. The molecule has 0 aliphatic rings. The van der Waals surface area contributed by atoms with Crippen molar-refractivity contribution in [3.63, 3.8) is 0 Å². The molecule has 0 bridgehead atoms. The van der Waals surface area contributed by atoms with Crippen molar-refractivity contribution in [3.8, 4) is 17.3 Å². The second-order valence-corrected chi connectivity index (χ2v) is 9.28. The summed E-state index contributed by atoms with van der Waals surface area (Å²) in [4.78, 5) is 47.1. The number of aryl methyl sites for hydroxylation is 1. The molecule has 0 atom stereocenters. The van der Waals surface area contributed by atoms with E-state index < -0.39 is 35.5 Å². The van der Waals surface area contributed by atoms with E-state index in [1.165, 1.54) is 44.4 Å². The highest BCUT2D eigenvalue weighted by atomic mass is 19.4. The molecule has 45 heavy (non-hydrogen) atoms. The van der Waals surface area contributed by atoms with E-state index in [1.54, 1.807) is 0 Å². The Morgan fingerprint density at radius 1 is 1.09 bits per heavy atom. The van der Waals surface area contributed by atoms with Crippen molar-refractivity contribution < 1.29 is 47.3 Å². The Hall–Kier alpha value is -5.85. The number of pyridine rings is 1. The number of hydrazine groups is 1. The van der Waals surface area contributed by atoms with Gasteiger partial charge in [-0.1, -0.05) is 0 Å². The van der Waals surface area contributed by atoms with Gasteiger partial charge < -0.3 is 20.3 Å². The number of anilines is 2. The van der Waals surface area contributed by atoms with Gasteiger partial charge in [-0.05, 0) is 42.8 Å². The van der Waals surface area contributed by atoms with Crippen molar-refractivity contribution in [2.24, 2.45) is 0 Å². The number of alkyl halides is 3. The molecule has 4 aromatic rings. The van der Waals surface area contributed by atoms with Gasteiger partial charge in [0, 0.05) is 13.2 Å². The van der Waals surface area contributed by atoms with Crippen LogP contribution in [0.4, 0.5) is 29.3 Å². The molecule has 16 nitrogen and oxygen atoms in total. The third-order valence-electron chi connectivity index (χ3n) is 6.05. The third-order valence-corrected chi connectivity index (χ3v) is 6.05. The number of phenols is 1. The molecule has 3 aromatic heterocycles. The van der Waals surface area contributed by atoms with Gasteiger partial charge in [-0.25, -0.2) is 19.5 Å². The first-order valence-corrected chi connectivity index (χ1v) is 12.7. The number of benzene rings is 1. The summed E-state index contributed by atoms with van der Waals surface area (Å²) in [7, 11) is 3.44. The number of methoxy groups -OCH3 is 1. The van der Waals surface area contributed by atoms with Gasteiger partial charge in [0.2, 0.25) is 0 Å². The van der Waals surface area contributed by atoms with Crippen LogP contribution in [0.25, 0.3) is 5.82 Å². The number of carbonyl (C=O) groups is 3. The normalized spacial score (nSPS) is 11.2. The van der Waals surface area contributed by atoms with Crippen LogP contribution in [0.3, 0.4) is 0 Å². The fraction of sp³-hybridized carbons (Fsp3) is 0.231. The van der Waals surface area contributed by atoms with Gasteiger partial charge in [0.05, 0.1) is 43.9 Å². The zero-order chi connectivity index (χ0) is 33.1. The molecule has 5 N–H and O–H groups in total. The quantitative estimate of drug-likeness (QED) is 0.141. The number of aromatic hydroxyl groups is 2. The van der Waals surface area contributed by atoms with Crippen LogP contribution in [0.1, 0.15) is 37.8 Å². The number of phenolic OH excluding ortho intramolecular Hbond substituents is 1. The van der Waals surface area contributed by atoms with Crippen LogP contribution in [-0.2, 0) is 22.3 Å². The first kappa shape index (κ1) is 32.1. The van der Waals surface area contributed by atoms with E-state index >= 15 is 0 Å². The summed E-state index contributed by atoms with van der Waals surface area (Å²) in [6, 6.07) is 6.25. The second kappa shape index (κ2) is 12.8. The molecule has 0 aliphatic heterocycles. The van der Waals surface area contributed by atoms with Crippen LogP contribution >= 0.6 is 0 Å². The second-order valence-electron chi connectivity index (χ2n) is 9.28. The van der Waals surface area contributed by atoms with Gasteiger partial charge >= 0.3 is 12.3 Å². The minimum Gasteiger partial charge on any atom is -0.508 e. The number of amides is 3. The van der Waals surface area contributed by atoms with Crippen LogP contribution in [0.15, 0.2) is 42.7 Å². The topological polar surface area (TPSA) is 198 Å². The smallest absolute Gasteiger partial charge is 0.437 e. The molecule has 1 aromatic carbocycles. The number of nitrogens with one attached hydrogen (secondary N) is 3. The molecule has 0 saturated carbocycles. The molecule has 0 spiro atoms. The lowest BCUT2D eigenvalue weighted by molar-refractivity contribution is -0.141. The Balaban J connectivity index is 1.74. The zero-order valence-corrected chi connectivity index (χ0v) is 24.0. The number of hydrogen-bond acceptors (Lipinski definition) is 11. The Morgan fingerprint density at radius 2 is 1.82 bits per heavy atom. The van der Waals surface area contributed by atoms with E-state index in [0.29, 0.717) is 0 Å². The van der Waals surface area contributed by atoms with E-state index in [0.717, 1.165) is 40.9 Å². The minimum absolute atomic E-state index is 0.0329. The minimum atomic E-state index is -4.81. The van der Waals surface area contributed by atoms with Crippen molar-refractivity contribution in [2.45, 2.75) is 19.6 Å². The van der Waals surface area contributed by atoms with Crippen molar-refractivity contribution >= 4 is 29.3 Å². The maximum absolute atomic E-state index is 13.7. The molecular formula is C26H26F3N9O7. The van der Waals surface area contributed by atoms with Crippen molar-refractivity contribution in [3.05, 3.63) is 70.9 Å². The van der Waals surface area contributed by atoms with Crippen molar-refractivity contribution in [1.82, 2.24) is 35.0 Å². The highest BCUT2D eigenvalue weighted by Gasteiger charge is 2.38. The van der Waals surface area contributed by atoms with Crippen LogP contribution in [0, 0.1) is 6.92 Å². The van der Waals surface area contributed by atoms with Crippen LogP contribution < -0.4 is 16.2 Å². The number of aromatic nitrogens is 5. The van der Waals surface area contributed by atoms with Gasteiger partial charge in [0.15, 0.2) is 17.3 Å². The van der Waals surface area contributed by atoms with Crippen molar-refractivity contribution in [1.29, 1.82) is 0 Å². The zero-order valence-electron chi connectivity index (χ0n) is 24.0. The average Bonchev–Trinajstić information content (AvgIpc) is 3.58. The summed E-state index contributed by atoms with van der Waals surface area (Å²) in [6.45, 7) is 1.13. The number of rotatable bonds is 8. The largest absolute Gasteiger partial charge is 0.508 e. The number of halogens is 3. The maximum atomic E-state index is 13.7. The fourth-order valence-corrected chi connectivity index (χ4v) is 4.13. The Bertz CT molecular complexity index is 1750. The molecule has 3 heterocycles. The summed E-state index contributed by atoms with van der Waals surface area (Å²) in [5.41, 5.74) is 2.38. The monoisotopic (exact) mass is 633 g/mol. The van der Waals surface area contributed by atoms with E-state index in [9.17, 15) is 37.8 Å². The van der Waals surface area contributed by atoms with E-state index in [-0.39, 0.29) is 52.1 Å². The molecule has 3 amide bonds. The first-order valence-electron chi connectivity index (χ1n) is 12.7. The highest BCUT2D eigenvalue weighted by Crippen LogP contribution is 2.34. The van der Waals surface area contributed by atoms with E-state index in [1.807, 2.05) is 0 Å². The predicted molar refractivity (Wildman–Crippen MR) is 148 cm³/mol. The average molecular weight is 634 g/mol. The first-order chi connectivity index (χ1) is 21.2. The number of ether oxygens (including phenoxy) is 1. The fourth-order valence-electron chi connectivity index (χ4n) is 4.13. The third kappa shape index (κ3) is 7.04. The van der Waals surface area contributed by atoms with Crippen molar-refractivity contribution in [2.75, 3.05) is 32.1 Å². The highest BCUT2D eigenvalue weighted by molar-refractivity contribution is 6.09. The molecule has 0 fully saturated rings. The van der Waals surface area contributed by atoms with Gasteiger partial charge in [0.25, 0.3) is 11.8 Å². The number of hydrogen-bond donors (Lipinski definition) is 5. The molecule has 19 heteroatoms. The van der Waals surface area contributed by atoms with Gasteiger partial charge in [-0.3, -0.25) is 30.0 Å². The number of carbonyl (C=O) groups excluding carboxylic acids is 3. The lowest BCUT2D eigenvalue weighted by Gasteiger charge is -2.19. The summed E-state index contributed by atoms with van der Waals surface area (Å²) in [6.07, 6.45) is -3.37.